The van der Waals surface area contributed by atoms with Crippen LogP contribution in [0.15, 0.2) is 30.5 Å². The minimum atomic E-state index is 0.346. The molecule has 0 spiro atoms. The predicted molar refractivity (Wildman–Crippen MR) is 92.6 cm³/mol. The van der Waals surface area contributed by atoms with Crippen molar-refractivity contribution in [3.05, 3.63) is 36.0 Å². The summed E-state index contributed by atoms with van der Waals surface area (Å²) >= 11 is 0. The van der Waals surface area contributed by atoms with Gasteiger partial charge in [0.15, 0.2) is 0 Å². The Bertz CT molecular complexity index is 707. The Kier molecular flexibility index (Phi) is 5.09. The Morgan fingerprint density at radius 1 is 1.30 bits per heavy atom. The fourth-order valence-corrected chi connectivity index (χ4v) is 3.29. The van der Waals surface area contributed by atoms with E-state index in [1.807, 2.05) is 18.2 Å². The number of para-hydroxylation sites is 1. The second kappa shape index (κ2) is 7.43. The van der Waals surface area contributed by atoms with Gasteiger partial charge in [0.1, 0.15) is 6.07 Å². The molecule has 4 heteroatoms. The van der Waals surface area contributed by atoms with Crippen LogP contribution < -0.4 is 4.90 Å². The molecule has 23 heavy (non-hydrogen) atoms. The van der Waals surface area contributed by atoms with Crippen molar-refractivity contribution in [2.45, 2.75) is 38.7 Å². The minimum absolute atomic E-state index is 0.346. The molecule has 1 unspecified atom stereocenters. The number of hydrogen-bond donors (Lipinski definition) is 0. The van der Waals surface area contributed by atoms with Crippen LogP contribution in [-0.2, 0) is 4.74 Å². The van der Waals surface area contributed by atoms with Crippen LogP contribution in [0.25, 0.3) is 10.9 Å². The highest BCUT2D eigenvalue weighted by Gasteiger charge is 2.21. The zero-order valence-corrected chi connectivity index (χ0v) is 13.7. The molecule has 3 rings (SSSR count). The lowest BCUT2D eigenvalue weighted by Crippen LogP contribution is -2.26. The number of hydrogen-bond acceptors (Lipinski definition) is 4. The maximum absolute atomic E-state index is 9.51. The van der Waals surface area contributed by atoms with Crippen LogP contribution in [-0.4, -0.2) is 30.8 Å². The summed E-state index contributed by atoms with van der Waals surface area (Å²) in [5, 5.41) is 10.6. The lowest BCUT2D eigenvalue weighted by molar-refractivity contribution is 0.0461. The molecule has 0 amide bonds. The van der Waals surface area contributed by atoms with E-state index in [4.69, 9.17) is 4.74 Å². The molecule has 0 aliphatic carbocycles. The van der Waals surface area contributed by atoms with Gasteiger partial charge in [0.05, 0.1) is 22.9 Å². The molecule has 1 fully saturated rings. The number of ether oxygens (including phenoxy) is 1. The lowest BCUT2D eigenvalue weighted by atomic mass is 10.1. The highest BCUT2D eigenvalue weighted by Crippen LogP contribution is 2.31. The van der Waals surface area contributed by atoms with Crippen molar-refractivity contribution < 1.29 is 4.74 Å². The molecular weight excluding hydrogens is 286 g/mol. The molecule has 0 N–H and O–H groups in total. The first-order chi connectivity index (χ1) is 11.3. The maximum atomic E-state index is 9.51. The van der Waals surface area contributed by atoms with Gasteiger partial charge in [-0.05, 0) is 31.7 Å². The van der Waals surface area contributed by atoms with Gasteiger partial charge in [0.25, 0.3) is 0 Å². The van der Waals surface area contributed by atoms with Crippen molar-refractivity contribution in [2.75, 3.05) is 24.6 Å². The van der Waals surface area contributed by atoms with Gasteiger partial charge in [0.2, 0.25) is 0 Å². The van der Waals surface area contributed by atoms with Crippen LogP contribution in [0.5, 0.6) is 0 Å². The fraction of sp³-hybridized carbons (Fsp3) is 0.474. The predicted octanol–water partition coefficient (Wildman–Crippen LogP) is 3.89. The third-order valence-electron chi connectivity index (χ3n) is 4.42. The SMILES string of the molecule is CCCOC1CCCN(c2c(C#N)cnc3ccccc23)CC1. The third-order valence-corrected chi connectivity index (χ3v) is 4.42. The van der Waals surface area contributed by atoms with Crippen molar-refractivity contribution in [3.8, 4) is 6.07 Å². The van der Waals surface area contributed by atoms with E-state index in [1.54, 1.807) is 6.20 Å². The van der Waals surface area contributed by atoms with Crippen LogP contribution in [0.2, 0.25) is 0 Å². The van der Waals surface area contributed by atoms with Crippen LogP contribution >= 0.6 is 0 Å². The topological polar surface area (TPSA) is 49.1 Å². The zero-order valence-electron chi connectivity index (χ0n) is 13.7. The smallest absolute Gasteiger partial charge is 0.103 e. The normalized spacial score (nSPS) is 18.6. The van der Waals surface area contributed by atoms with Gasteiger partial charge in [-0.3, -0.25) is 4.98 Å². The number of aromatic nitrogens is 1. The Labute approximate surface area is 137 Å². The molecule has 1 aromatic carbocycles. The van der Waals surface area contributed by atoms with Gasteiger partial charge in [0, 0.05) is 31.3 Å². The van der Waals surface area contributed by atoms with Crippen LogP contribution in [0.3, 0.4) is 0 Å². The van der Waals surface area contributed by atoms with E-state index in [9.17, 15) is 5.26 Å². The van der Waals surface area contributed by atoms with Gasteiger partial charge < -0.3 is 9.64 Å². The Hall–Kier alpha value is -2.12. The lowest BCUT2D eigenvalue weighted by Gasteiger charge is -2.25. The summed E-state index contributed by atoms with van der Waals surface area (Å²) in [7, 11) is 0. The van der Waals surface area contributed by atoms with Gasteiger partial charge in [-0.1, -0.05) is 25.1 Å². The van der Waals surface area contributed by atoms with E-state index in [0.29, 0.717) is 11.7 Å². The Morgan fingerprint density at radius 3 is 3.00 bits per heavy atom. The van der Waals surface area contributed by atoms with E-state index >= 15 is 0 Å². The molecule has 1 aliphatic heterocycles. The molecule has 4 nitrogen and oxygen atoms in total. The third kappa shape index (κ3) is 3.46. The summed E-state index contributed by atoms with van der Waals surface area (Å²) in [5.74, 6) is 0. The second-order valence-corrected chi connectivity index (χ2v) is 6.06. The summed E-state index contributed by atoms with van der Waals surface area (Å²) < 4.78 is 5.94. The minimum Gasteiger partial charge on any atom is -0.378 e. The van der Waals surface area contributed by atoms with E-state index in [0.717, 1.165) is 62.0 Å². The second-order valence-electron chi connectivity index (χ2n) is 6.06. The number of nitriles is 1. The standard InChI is InChI=1S/C19H23N3O/c1-2-12-23-16-6-5-10-22(11-9-16)19-15(13-20)14-21-18-8-4-3-7-17(18)19/h3-4,7-8,14,16H,2,5-6,9-12H2,1H3. The van der Waals surface area contributed by atoms with Gasteiger partial charge >= 0.3 is 0 Å². The number of anilines is 1. The molecule has 0 radical (unpaired) electrons. The van der Waals surface area contributed by atoms with E-state index in [1.165, 1.54) is 0 Å². The Morgan fingerprint density at radius 2 is 2.17 bits per heavy atom. The van der Waals surface area contributed by atoms with Crippen LogP contribution in [0.1, 0.15) is 38.2 Å². The van der Waals surface area contributed by atoms with Gasteiger partial charge in [-0.25, -0.2) is 0 Å². The summed E-state index contributed by atoms with van der Waals surface area (Å²) in [6.07, 6.45) is 6.32. The van der Waals surface area contributed by atoms with Crippen LogP contribution in [0, 0.1) is 11.3 Å². The molecule has 2 aromatic rings. The largest absolute Gasteiger partial charge is 0.378 e. The van der Waals surface area contributed by atoms with Gasteiger partial charge in [-0.15, -0.1) is 0 Å². The average molecular weight is 309 g/mol. The Balaban J connectivity index is 1.89. The monoisotopic (exact) mass is 309 g/mol. The summed E-state index contributed by atoms with van der Waals surface area (Å²) in [4.78, 5) is 6.76. The first-order valence-electron chi connectivity index (χ1n) is 8.48. The molecule has 1 atom stereocenters. The summed E-state index contributed by atoms with van der Waals surface area (Å²) in [6.45, 7) is 4.88. The van der Waals surface area contributed by atoms with Crippen molar-refractivity contribution in [1.29, 1.82) is 5.26 Å². The quantitative estimate of drug-likeness (QED) is 0.859. The number of benzene rings is 1. The van der Waals surface area contributed by atoms with Crippen molar-refractivity contribution in [1.82, 2.24) is 4.98 Å². The number of pyridine rings is 1. The molecule has 1 aromatic heterocycles. The highest BCUT2D eigenvalue weighted by molar-refractivity contribution is 5.94. The summed E-state index contributed by atoms with van der Waals surface area (Å²) in [6, 6.07) is 10.4. The molecule has 0 saturated carbocycles. The molecule has 2 heterocycles. The number of rotatable bonds is 4. The molecular formula is C19H23N3O. The van der Waals surface area contributed by atoms with Gasteiger partial charge in [-0.2, -0.15) is 5.26 Å². The molecule has 0 bridgehead atoms. The number of fused-ring (bicyclic) bond motifs is 1. The molecule has 120 valence electrons. The molecule has 1 aliphatic rings. The van der Waals surface area contributed by atoms with E-state index < -0.39 is 0 Å². The first-order valence-corrected chi connectivity index (χ1v) is 8.48. The highest BCUT2D eigenvalue weighted by atomic mass is 16.5. The van der Waals surface area contributed by atoms with E-state index in [-0.39, 0.29) is 0 Å². The molecule has 1 saturated heterocycles. The summed E-state index contributed by atoms with van der Waals surface area (Å²) in [5.41, 5.74) is 2.65. The number of nitrogens with zero attached hydrogens (tertiary/aromatic N) is 3. The van der Waals surface area contributed by atoms with Crippen LogP contribution in [0.4, 0.5) is 5.69 Å². The average Bonchev–Trinajstić information content (AvgIpc) is 2.84. The fourth-order valence-electron chi connectivity index (χ4n) is 3.29. The first kappa shape index (κ1) is 15.8. The van der Waals surface area contributed by atoms with Crippen molar-refractivity contribution in [3.63, 3.8) is 0 Å². The van der Waals surface area contributed by atoms with Crippen molar-refractivity contribution in [2.24, 2.45) is 0 Å². The zero-order chi connectivity index (χ0) is 16.1. The van der Waals surface area contributed by atoms with E-state index in [2.05, 4.69) is 28.9 Å². The van der Waals surface area contributed by atoms with Crippen molar-refractivity contribution >= 4 is 16.6 Å². The maximum Gasteiger partial charge on any atom is 0.103 e.